The first kappa shape index (κ1) is 9.00. The fourth-order valence-corrected chi connectivity index (χ4v) is 2.18. The summed E-state index contributed by atoms with van der Waals surface area (Å²) < 4.78 is 0. The van der Waals surface area contributed by atoms with Crippen molar-refractivity contribution in [3.05, 3.63) is 0 Å². The molecule has 0 aromatic rings. The average molecular weight is 182 g/mol. The summed E-state index contributed by atoms with van der Waals surface area (Å²) in [5.74, 6) is 0. The SMILES string of the molecule is CC(O)CN/N=C1/CCC12CCC2. The minimum absolute atomic E-state index is 0.304. The molecule has 2 fully saturated rings. The highest BCUT2D eigenvalue weighted by Crippen LogP contribution is 2.53. The minimum atomic E-state index is -0.304. The lowest BCUT2D eigenvalue weighted by Crippen LogP contribution is -2.47. The van der Waals surface area contributed by atoms with Gasteiger partial charge in [-0.3, -0.25) is 0 Å². The van der Waals surface area contributed by atoms with Gasteiger partial charge in [0.2, 0.25) is 0 Å². The molecule has 3 heteroatoms. The van der Waals surface area contributed by atoms with E-state index in [-0.39, 0.29) is 6.10 Å². The molecule has 13 heavy (non-hydrogen) atoms. The Labute approximate surface area is 79.2 Å². The molecule has 2 aliphatic rings. The summed E-state index contributed by atoms with van der Waals surface area (Å²) in [6.45, 7) is 2.34. The molecule has 1 unspecified atom stereocenters. The van der Waals surface area contributed by atoms with E-state index in [0.29, 0.717) is 12.0 Å². The quantitative estimate of drug-likeness (QED) is 0.646. The lowest BCUT2D eigenvalue weighted by molar-refractivity contribution is 0.170. The van der Waals surface area contributed by atoms with E-state index in [1.54, 1.807) is 6.92 Å². The van der Waals surface area contributed by atoms with Gasteiger partial charge >= 0.3 is 0 Å². The number of rotatable bonds is 3. The number of aliphatic hydroxyl groups is 1. The van der Waals surface area contributed by atoms with Crippen LogP contribution in [-0.4, -0.2) is 23.5 Å². The molecule has 1 atom stereocenters. The summed E-state index contributed by atoms with van der Waals surface area (Å²) in [6, 6.07) is 0. The first-order valence-corrected chi connectivity index (χ1v) is 5.21. The molecule has 0 aromatic carbocycles. The molecule has 2 saturated carbocycles. The molecule has 2 N–H and O–H groups in total. The van der Waals surface area contributed by atoms with Crippen LogP contribution in [0.5, 0.6) is 0 Å². The molecular formula is C10H18N2O. The second-order valence-electron chi connectivity index (χ2n) is 4.40. The van der Waals surface area contributed by atoms with Gasteiger partial charge in [0, 0.05) is 11.1 Å². The van der Waals surface area contributed by atoms with Crippen LogP contribution in [0.2, 0.25) is 0 Å². The van der Waals surface area contributed by atoms with Crippen molar-refractivity contribution in [1.82, 2.24) is 5.43 Å². The molecule has 2 rings (SSSR count). The normalized spacial score (nSPS) is 29.5. The van der Waals surface area contributed by atoms with E-state index >= 15 is 0 Å². The van der Waals surface area contributed by atoms with E-state index in [0.717, 1.165) is 6.42 Å². The van der Waals surface area contributed by atoms with E-state index in [1.807, 2.05) is 0 Å². The number of hydrogen-bond acceptors (Lipinski definition) is 3. The summed E-state index contributed by atoms with van der Waals surface area (Å²) in [7, 11) is 0. The van der Waals surface area contributed by atoms with E-state index in [1.165, 1.54) is 31.4 Å². The summed E-state index contributed by atoms with van der Waals surface area (Å²) in [5.41, 5.74) is 4.80. The van der Waals surface area contributed by atoms with E-state index < -0.39 is 0 Å². The van der Waals surface area contributed by atoms with Crippen molar-refractivity contribution in [1.29, 1.82) is 0 Å². The molecule has 3 nitrogen and oxygen atoms in total. The number of aliphatic hydroxyl groups excluding tert-OH is 1. The van der Waals surface area contributed by atoms with Gasteiger partial charge < -0.3 is 10.5 Å². The Hall–Kier alpha value is -0.570. The molecule has 0 aliphatic heterocycles. The van der Waals surface area contributed by atoms with Crippen molar-refractivity contribution < 1.29 is 5.11 Å². The van der Waals surface area contributed by atoms with Crippen molar-refractivity contribution in [3.8, 4) is 0 Å². The third kappa shape index (κ3) is 1.57. The zero-order valence-electron chi connectivity index (χ0n) is 8.21. The van der Waals surface area contributed by atoms with Crippen molar-refractivity contribution in [2.45, 2.75) is 45.1 Å². The smallest absolute Gasteiger partial charge is 0.0701 e. The Morgan fingerprint density at radius 3 is 2.69 bits per heavy atom. The lowest BCUT2D eigenvalue weighted by atomic mass is 9.55. The Balaban J connectivity index is 1.80. The maximum atomic E-state index is 9.03. The second-order valence-corrected chi connectivity index (χ2v) is 4.40. The molecule has 0 radical (unpaired) electrons. The Kier molecular flexibility index (Phi) is 2.28. The zero-order valence-corrected chi connectivity index (χ0v) is 8.21. The maximum Gasteiger partial charge on any atom is 0.0701 e. The zero-order chi connectivity index (χ0) is 9.31. The van der Waals surface area contributed by atoms with Crippen LogP contribution in [-0.2, 0) is 0 Å². The van der Waals surface area contributed by atoms with Crippen molar-refractivity contribution in [3.63, 3.8) is 0 Å². The predicted octanol–water partition coefficient (Wildman–Crippen LogP) is 1.28. The van der Waals surface area contributed by atoms with Gasteiger partial charge in [-0.1, -0.05) is 6.42 Å². The van der Waals surface area contributed by atoms with E-state index in [4.69, 9.17) is 5.11 Å². The van der Waals surface area contributed by atoms with Crippen LogP contribution in [0.1, 0.15) is 39.0 Å². The third-order valence-corrected chi connectivity index (χ3v) is 3.36. The fraction of sp³-hybridized carbons (Fsp3) is 0.900. The fourth-order valence-electron chi connectivity index (χ4n) is 2.18. The highest BCUT2D eigenvalue weighted by Gasteiger charge is 2.48. The molecule has 0 aromatic heterocycles. The van der Waals surface area contributed by atoms with E-state index in [2.05, 4.69) is 10.5 Å². The maximum absolute atomic E-state index is 9.03. The third-order valence-electron chi connectivity index (χ3n) is 3.36. The van der Waals surface area contributed by atoms with Gasteiger partial charge in [-0.2, -0.15) is 5.10 Å². The second kappa shape index (κ2) is 3.29. The summed E-state index contributed by atoms with van der Waals surface area (Å²) in [5, 5.41) is 13.4. The number of nitrogens with zero attached hydrogens (tertiary/aromatic N) is 1. The number of hydrazone groups is 1. The average Bonchev–Trinajstić information content (AvgIpc) is 1.92. The van der Waals surface area contributed by atoms with Crippen molar-refractivity contribution in [2.24, 2.45) is 10.5 Å². The summed E-state index contributed by atoms with van der Waals surface area (Å²) in [4.78, 5) is 0. The van der Waals surface area contributed by atoms with Crippen LogP contribution < -0.4 is 5.43 Å². The van der Waals surface area contributed by atoms with Gasteiger partial charge in [0.05, 0.1) is 12.6 Å². The number of nitrogens with one attached hydrogen (secondary N) is 1. The molecule has 74 valence electrons. The standard InChI is InChI=1S/C10H18N2O/c1-8(13)7-11-12-9-3-6-10(9)4-2-5-10/h8,11,13H,2-7H2,1H3/b12-9-. The molecule has 0 amide bonds. The van der Waals surface area contributed by atoms with E-state index in [9.17, 15) is 0 Å². The number of hydrogen-bond donors (Lipinski definition) is 2. The molecular weight excluding hydrogens is 164 g/mol. The predicted molar refractivity (Wildman–Crippen MR) is 52.6 cm³/mol. The van der Waals surface area contributed by atoms with Gasteiger partial charge in [-0.15, -0.1) is 0 Å². The molecule has 1 spiro atoms. The molecule has 2 aliphatic carbocycles. The first-order chi connectivity index (χ1) is 6.23. The van der Waals surface area contributed by atoms with Crippen LogP contribution in [0.3, 0.4) is 0 Å². The summed E-state index contributed by atoms with van der Waals surface area (Å²) >= 11 is 0. The van der Waals surface area contributed by atoms with Crippen molar-refractivity contribution in [2.75, 3.05) is 6.54 Å². The Bertz CT molecular complexity index is 213. The van der Waals surface area contributed by atoms with Crippen LogP contribution >= 0.6 is 0 Å². The van der Waals surface area contributed by atoms with Crippen LogP contribution in [0.25, 0.3) is 0 Å². The Morgan fingerprint density at radius 2 is 2.31 bits per heavy atom. The van der Waals surface area contributed by atoms with Crippen LogP contribution in [0.15, 0.2) is 5.10 Å². The van der Waals surface area contributed by atoms with Crippen molar-refractivity contribution >= 4 is 5.71 Å². The monoisotopic (exact) mass is 182 g/mol. The first-order valence-electron chi connectivity index (χ1n) is 5.21. The van der Waals surface area contributed by atoms with Gasteiger partial charge in [0.25, 0.3) is 0 Å². The highest BCUT2D eigenvalue weighted by atomic mass is 16.3. The topological polar surface area (TPSA) is 44.6 Å². The molecule has 0 bridgehead atoms. The van der Waals surface area contributed by atoms with Gasteiger partial charge in [-0.05, 0) is 32.6 Å². The highest BCUT2D eigenvalue weighted by molar-refractivity contribution is 5.96. The minimum Gasteiger partial charge on any atom is -0.392 e. The van der Waals surface area contributed by atoms with Gasteiger partial charge in [0.15, 0.2) is 0 Å². The lowest BCUT2D eigenvalue weighted by Gasteiger charge is -2.50. The summed E-state index contributed by atoms with van der Waals surface area (Å²) in [6.07, 6.45) is 6.23. The Morgan fingerprint density at radius 1 is 1.54 bits per heavy atom. The molecule has 0 saturated heterocycles. The van der Waals surface area contributed by atoms with Gasteiger partial charge in [-0.25, -0.2) is 0 Å². The largest absolute Gasteiger partial charge is 0.392 e. The molecule has 0 heterocycles. The van der Waals surface area contributed by atoms with Gasteiger partial charge in [0.1, 0.15) is 0 Å². The van der Waals surface area contributed by atoms with Crippen LogP contribution in [0, 0.1) is 5.41 Å². The van der Waals surface area contributed by atoms with Crippen LogP contribution in [0.4, 0.5) is 0 Å².